The molecule has 0 bridgehead atoms. The minimum Gasteiger partial charge on any atom is -0.360 e. The summed E-state index contributed by atoms with van der Waals surface area (Å²) < 4.78 is 30.1. The molecule has 2 aromatic rings. The van der Waals surface area contributed by atoms with Crippen LogP contribution < -0.4 is 10.2 Å². The lowest BCUT2D eigenvalue weighted by atomic mass is 9.99. The zero-order valence-electron chi connectivity index (χ0n) is 24.4. The number of rotatable bonds is 9. The van der Waals surface area contributed by atoms with Gasteiger partial charge >= 0.3 is 0 Å². The number of allylic oxidation sites excluding steroid dienone is 2. The Morgan fingerprint density at radius 2 is 1.90 bits per heavy atom. The summed E-state index contributed by atoms with van der Waals surface area (Å²) >= 11 is 1.28. The Kier molecular flexibility index (Phi) is 9.22. The predicted octanol–water partition coefficient (Wildman–Crippen LogP) is 5.76. The van der Waals surface area contributed by atoms with E-state index in [2.05, 4.69) is 34.3 Å². The topological polar surface area (TPSA) is 79.9 Å². The van der Waals surface area contributed by atoms with Crippen LogP contribution in [-0.2, 0) is 4.79 Å². The number of likely N-dealkylation sites (N-methyl/N-ethyl adjacent to an activating group) is 1. The second-order valence-corrected chi connectivity index (χ2v) is 11.4. The largest absolute Gasteiger partial charge is 0.360 e. The molecule has 2 heterocycles. The van der Waals surface area contributed by atoms with Gasteiger partial charge in [-0.15, -0.1) is 11.8 Å². The van der Waals surface area contributed by atoms with E-state index in [1.54, 1.807) is 25.1 Å². The molecule has 40 heavy (non-hydrogen) atoms. The van der Waals surface area contributed by atoms with Crippen molar-refractivity contribution in [2.75, 3.05) is 50.2 Å². The van der Waals surface area contributed by atoms with E-state index in [4.69, 9.17) is 4.99 Å². The van der Waals surface area contributed by atoms with Crippen LogP contribution >= 0.6 is 11.8 Å². The number of nitrogens with one attached hydrogen (secondary N) is 2. The number of aromatic amines is 1. The first-order valence-electron chi connectivity index (χ1n) is 13.6. The lowest BCUT2D eigenvalue weighted by molar-refractivity contribution is -0.133. The van der Waals surface area contributed by atoms with Gasteiger partial charge in [-0.1, -0.05) is 6.92 Å². The quantitative estimate of drug-likeness (QED) is 0.172. The maximum Gasteiger partial charge on any atom is 0.241 e. The van der Waals surface area contributed by atoms with Crippen molar-refractivity contribution in [3.8, 4) is 0 Å². The minimum absolute atomic E-state index is 0.0688. The number of benzene rings is 1. The van der Waals surface area contributed by atoms with Gasteiger partial charge in [0.25, 0.3) is 0 Å². The molecule has 1 saturated heterocycles. The number of carbonyl (C=O) groups excluding carboxylic acids is 1. The highest BCUT2D eigenvalue weighted by atomic mass is 32.2. The zero-order valence-corrected chi connectivity index (χ0v) is 25.2. The van der Waals surface area contributed by atoms with Crippen molar-refractivity contribution in [3.05, 3.63) is 58.2 Å². The number of carbonyl (C=O) groups is 1. The first-order chi connectivity index (χ1) is 19.0. The number of halogens is 2. The molecule has 1 saturated carbocycles. The van der Waals surface area contributed by atoms with E-state index in [0.717, 1.165) is 41.8 Å². The van der Waals surface area contributed by atoms with Crippen LogP contribution in [0.5, 0.6) is 0 Å². The standard InChI is InChI=1S/C29H39F2N7OS/c1-8-17(2)27(38-12-11-36(5)25(39)16-38)26(20-9-10-20)29(33-24-13-18(3)34-35-24)32-19(4)37(6)28-22(30)14-21(40-7)15-23(28)31/h13-15,20H,8-12,16H2,1-7H3,(H2,33,34,35)/b27-17-,29-26+,32-19+. The van der Waals surface area contributed by atoms with Gasteiger partial charge in [-0.25, -0.2) is 13.8 Å². The van der Waals surface area contributed by atoms with Crippen molar-refractivity contribution >= 4 is 35.0 Å². The van der Waals surface area contributed by atoms with E-state index in [1.807, 2.05) is 20.0 Å². The molecular weight excluding hydrogens is 532 g/mol. The van der Waals surface area contributed by atoms with Gasteiger partial charge in [-0.05, 0) is 69.9 Å². The van der Waals surface area contributed by atoms with E-state index in [1.165, 1.54) is 28.8 Å². The second kappa shape index (κ2) is 12.4. The number of piperazine rings is 1. The van der Waals surface area contributed by atoms with Gasteiger partial charge in [-0.2, -0.15) is 5.10 Å². The van der Waals surface area contributed by atoms with Crippen molar-refractivity contribution in [3.63, 3.8) is 0 Å². The number of hydrogen-bond acceptors (Lipinski definition) is 6. The Balaban J connectivity index is 1.86. The number of aryl methyl sites for hydroxylation is 1. The molecule has 1 aliphatic carbocycles. The number of aliphatic imine (C=N–C) groups is 1. The van der Waals surface area contributed by atoms with Gasteiger partial charge in [0.1, 0.15) is 17.3 Å². The number of amidine groups is 1. The molecule has 8 nitrogen and oxygen atoms in total. The monoisotopic (exact) mass is 571 g/mol. The average molecular weight is 572 g/mol. The summed E-state index contributed by atoms with van der Waals surface area (Å²) in [7, 11) is 3.44. The Labute approximate surface area is 239 Å². The van der Waals surface area contributed by atoms with Crippen LogP contribution in [0.2, 0.25) is 0 Å². The van der Waals surface area contributed by atoms with Crippen LogP contribution in [-0.4, -0.2) is 71.7 Å². The van der Waals surface area contributed by atoms with Crippen LogP contribution in [0.4, 0.5) is 20.3 Å². The summed E-state index contributed by atoms with van der Waals surface area (Å²) in [6.07, 6.45) is 4.57. The third-order valence-corrected chi connectivity index (χ3v) is 8.18. The van der Waals surface area contributed by atoms with E-state index in [9.17, 15) is 4.79 Å². The van der Waals surface area contributed by atoms with Gasteiger partial charge < -0.3 is 20.0 Å². The number of H-pyrrole nitrogens is 1. The van der Waals surface area contributed by atoms with Gasteiger partial charge in [0.05, 0.1) is 6.54 Å². The number of hydrogen-bond donors (Lipinski definition) is 2. The van der Waals surface area contributed by atoms with E-state index >= 15 is 8.78 Å². The fourth-order valence-electron chi connectivity index (χ4n) is 4.80. The Bertz CT molecular complexity index is 1340. The van der Waals surface area contributed by atoms with Crippen LogP contribution in [0.1, 0.15) is 45.7 Å². The van der Waals surface area contributed by atoms with Crippen molar-refractivity contribution < 1.29 is 13.6 Å². The Hall–Kier alpha value is -3.34. The first kappa shape index (κ1) is 29.6. The van der Waals surface area contributed by atoms with Crippen molar-refractivity contribution in [2.24, 2.45) is 10.9 Å². The van der Waals surface area contributed by atoms with Crippen LogP contribution in [0.15, 0.2) is 50.8 Å². The van der Waals surface area contributed by atoms with Crippen LogP contribution in [0, 0.1) is 24.5 Å². The number of thioether (sulfide) groups is 1. The molecule has 1 amide bonds. The summed E-state index contributed by atoms with van der Waals surface area (Å²) in [5, 5.41) is 10.7. The lowest BCUT2D eigenvalue weighted by Crippen LogP contribution is -2.48. The summed E-state index contributed by atoms with van der Waals surface area (Å²) in [5.41, 5.74) is 3.90. The first-order valence-corrected chi connectivity index (χ1v) is 14.8. The fraction of sp³-hybridized carbons (Fsp3) is 0.483. The molecule has 2 N–H and O–H groups in total. The Morgan fingerprint density at radius 3 is 2.42 bits per heavy atom. The van der Waals surface area contributed by atoms with E-state index in [-0.39, 0.29) is 24.1 Å². The number of amides is 1. The molecule has 0 spiro atoms. The fourth-order valence-corrected chi connectivity index (χ4v) is 5.24. The molecule has 1 aliphatic heterocycles. The molecule has 4 rings (SSSR count). The number of anilines is 2. The highest BCUT2D eigenvalue weighted by molar-refractivity contribution is 7.98. The van der Waals surface area contributed by atoms with Gasteiger partial charge in [0.2, 0.25) is 5.91 Å². The maximum absolute atomic E-state index is 15.0. The SMILES string of the molecule is CC/C(C)=C(/C(=C(\N=C(/C)N(C)c1c(F)cc(SC)cc1F)Nc1cc(C)[nH]n1)C1CC1)N1CCN(C)C(=O)C1. The highest BCUT2D eigenvalue weighted by Gasteiger charge is 2.36. The summed E-state index contributed by atoms with van der Waals surface area (Å²) in [6, 6.07) is 4.55. The molecule has 1 aromatic heterocycles. The molecule has 1 aromatic carbocycles. The third kappa shape index (κ3) is 6.51. The molecule has 11 heteroatoms. The molecule has 2 aliphatic rings. The van der Waals surface area contributed by atoms with Crippen LogP contribution in [0.25, 0.3) is 0 Å². The summed E-state index contributed by atoms with van der Waals surface area (Å²) in [4.78, 5) is 23.6. The molecule has 0 atom stereocenters. The normalized spacial score (nSPS) is 17.6. The van der Waals surface area contributed by atoms with Gasteiger partial charge in [0.15, 0.2) is 17.5 Å². The smallest absolute Gasteiger partial charge is 0.241 e. The van der Waals surface area contributed by atoms with E-state index in [0.29, 0.717) is 35.5 Å². The van der Waals surface area contributed by atoms with Crippen molar-refractivity contribution in [1.82, 2.24) is 20.0 Å². The molecule has 2 fully saturated rings. The Morgan fingerprint density at radius 1 is 1.23 bits per heavy atom. The highest BCUT2D eigenvalue weighted by Crippen LogP contribution is 2.44. The maximum atomic E-state index is 15.0. The molecular formula is C29H39F2N7OS. The summed E-state index contributed by atoms with van der Waals surface area (Å²) in [6.45, 7) is 9.48. The third-order valence-electron chi connectivity index (χ3n) is 7.48. The summed E-state index contributed by atoms with van der Waals surface area (Å²) in [5.74, 6) is 0.575. The predicted molar refractivity (Wildman–Crippen MR) is 159 cm³/mol. The molecule has 0 radical (unpaired) electrons. The van der Waals surface area contributed by atoms with Gasteiger partial charge in [0, 0.05) is 55.1 Å². The number of aromatic nitrogens is 2. The van der Waals surface area contributed by atoms with E-state index < -0.39 is 11.6 Å². The zero-order chi connectivity index (χ0) is 29.1. The van der Waals surface area contributed by atoms with Crippen LogP contribution in [0.3, 0.4) is 0 Å². The molecule has 0 unspecified atom stereocenters. The lowest BCUT2D eigenvalue weighted by Gasteiger charge is -2.37. The second-order valence-electron chi connectivity index (χ2n) is 10.5. The number of nitrogens with zero attached hydrogens (tertiary/aromatic N) is 5. The van der Waals surface area contributed by atoms with Gasteiger partial charge in [-0.3, -0.25) is 9.89 Å². The van der Waals surface area contributed by atoms with Crippen molar-refractivity contribution in [1.29, 1.82) is 0 Å². The van der Waals surface area contributed by atoms with Crippen molar-refractivity contribution in [2.45, 2.75) is 51.9 Å². The average Bonchev–Trinajstić information content (AvgIpc) is 3.67. The minimum atomic E-state index is -0.649. The molecule has 216 valence electrons.